The van der Waals surface area contributed by atoms with E-state index in [1.54, 1.807) is 17.0 Å². The highest BCUT2D eigenvalue weighted by Crippen LogP contribution is 2.17. The Morgan fingerprint density at radius 2 is 1.62 bits per heavy atom. The van der Waals surface area contributed by atoms with E-state index in [-0.39, 0.29) is 5.75 Å². The number of rotatable bonds is 2. The van der Waals surface area contributed by atoms with Crippen LogP contribution in [0.4, 0.5) is 11.4 Å². The van der Waals surface area contributed by atoms with Gasteiger partial charge in [0.05, 0.1) is 0 Å². The number of benzene rings is 2. The summed E-state index contributed by atoms with van der Waals surface area (Å²) in [6, 6.07) is 16.1. The molecule has 3 rings (SSSR count). The van der Waals surface area contributed by atoms with Crippen LogP contribution < -0.4 is 10.2 Å². The molecule has 0 atom stereocenters. The summed E-state index contributed by atoms with van der Waals surface area (Å²) in [4.78, 5) is 28.1. The minimum atomic E-state index is -0.686. The van der Waals surface area contributed by atoms with Gasteiger partial charge < -0.3 is 20.2 Å². The first-order valence-electron chi connectivity index (χ1n) is 7.83. The zero-order valence-electron chi connectivity index (χ0n) is 13.2. The molecule has 124 valence electrons. The number of nitrogens with zero attached hydrogens (tertiary/aromatic N) is 2. The van der Waals surface area contributed by atoms with Crippen LogP contribution in [0.1, 0.15) is 0 Å². The third-order valence-corrected chi connectivity index (χ3v) is 3.99. The van der Waals surface area contributed by atoms with E-state index in [4.69, 9.17) is 0 Å². The molecule has 24 heavy (non-hydrogen) atoms. The van der Waals surface area contributed by atoms with Crippen molar-refractivity contribution < 1.29 is 14.7 Å². The Morgan fingerprint density at radius 1 is 0.917 bits per heavy atom. The molecule has 2 aromatic carbocycles. The van der Waals surface area contributed by atoms with Gasteiger partial charge in [-0.25, -0.2) is 0 Å². The van der Waals surface area contributed by atoms with Gasteiger partial charge in [-0.05, 0) is 24.3 Å². The van der Waals surface area contributed by atoms with Crippen molar-refractivity contribution in [3.63, 3.8) is 0 Å². The van der Waals surface area contributed by atoms with Gasteiger partial charge in [0, 0.05) is 43.6 Å². The van der Waals surface area contributed by atoms with Crippen molar-refractivity contribution in [2.45, 2.75) is 0 Å². The maximum atomic E-state index is 12.3. The quantitative estimate of drug-likeness (QED) is 0.824. The number of anilines is 2. The van der Waals surface area contributed by atoms with Gasteiger partial charge in [-0.2, -0.15) is 0 Å². The molecular weight excluding hydrogens is 306 g/mol. The highest BCUT2D eigenvalue weighted by atomic mass is 16.3. The number of piperazine rings is 1. The predicted molar refractivity (Wildman–Crippen MR) is 92.0 cm³/mol. The topological polar surface area (TPSA) is 72.9 Å². The molecule has 0 aliphatic carbocycles. The van der Waals surface area contributed by atoms with Gasteiger partial charge in [0.25, 0.3) is 0 Å². The second-order valence-electron chi connectivity index (χ2n) is 5.62. The molecule has 6 nitrogen and oxygen atoms in total. The van der Waals surface area contributed by atoms with Crippen molar-refractivity contribution in [2.24, 2.45) is 0 Å². The van der Waals surface area contributed by atoms with Crippen molar-refractivity contribution in [1.82, 2.24) is 4.90 Å². The normalized spacial score (nSPS) is 14.3. The number of carbonyl (C=O) groups excluding carboxylic acids is 2. The molecule has 0 unspecified atom stereocenters. The number of nitrogens with one attached hydrogen (secondary N) is 1. The van der Waals surface area contributed by atoms with E-state index in [0.29, 0.717) is 31.9 Å². The van der Waals surface area contributed by atoms with Gasteiger partial charge in [0.15, 0.2) is 0 Å². The number of hydrogen-bond acceptors (Lipinski definition) is 4. The summed E-state index contributed by atoms with van der Waals surface area (Å²) in [6.45, 7) is 2.38. The molecule has 2 amide bonds. The van der Waals surface area contributed by atoms with Crippen molar-refractivity contribution in [1.29, 1.82) is 0 Å². The van der Waals surface area contributed by atoms with Crippen LogP contribution in [0.5, 0.6) is 5.75 Å². The highest BCUT2D eigenvalue weighted by Gasteiger charge is 2.26. The zero-order chi connectivity index (χ0) is 16.9. The first-order chi connectivity index (χ1) is 11.6. The standard InChI is InChI=1S/C18H19N3O3/c22-16-8-4-5-14(13-16)19-17(23)18(24)21-11-9-20(10-12-21)15-6-2-1-3-7-15/h1-8,13,22H,9-12H2,(H,19,23). The summed E-state index contributed by atoms with van der Waals surface area (Å²) in [5, 5.41) is 11.9. The lowest BCUT2D eigenvalue weighted by Gasteiger charge is -2.35. The molecule has 1 aliphatic heterocycles. The van der Waals surface area contributed by atoms with E-state index < -0.39 is 11.8 Å². The average molecular weight is 325 g/mol. The van der Waals surface area contributed by atoms with Crippen molar-refractivity contribution >= 4 is 23.2 Å². The van der Waals surface area contributed by atoms with Crippen LogP contribution in [0.25, 0.3) is 0 Å². The molecule has 2 aromatic rings. The Balaban J connectivity index is 1.56. The molecule has 0 aromatic heterocycles. The van der Waals surface area contributed by atoms with Crippen LogP contribution in [0.15, 0.2) is 54.6 Å². The molecule has 1 heterocycles. The maximum Gasteiger partial charge on any atom is 0.313 e. The minimum Gasteiger partial charge on any atom is -0.508 e. The lowest BCUT2D eigenvalue weighted by molar-refractivity contribution is -0.143. The molecule has 0 spiro atoms. The molecule has 0 radical (unpaired) electrons. The van der Waals surface area contributed by atoms with Gasteiger partial charge in [-0.1, -0.05) is 24.3 Å². The van der Waals surface area contributed by atoms with Crippen LogP contribution >= 0.6 is 0 Å². The summed E-state index contributed by atoms with van der Waals surface area (Å²) in [5.41, 5.74) is 1.52. The summed E-state index contributed by atoms with van der Waals surface area (Å²) < 4.78 is 0. The van der Waals surface area contributed by atoms with Crippen LogP contribution in [0.3, 0.4) is 0 Å². The summed E-state index contributed by atoms with van der Waals surface area (Å²) in [7, 11) is 0. The molecule has 1 aliphatic rings. The maximum absolute atomic E-state index is 12.3. The van der Waals surface area contributed by atoms with Crippen molar-refractivity contribution in [3.8, 4) is 5.75 Å². The number of phenolic OH excluding ortho intramolecular Hbond substituents is 1. The number of carbonyl (C=O) groups is 2. The van der Waals surface area contributed by atoms with E-state index >= 15 is 0 Å². The highest BCUT2D eigenvalue weighted by molar-refractivity contribution is 6.39. The van der Waals surface area contributed by atoms with Crippen LogP contribution in [0, 0.1) is 0 Å². The van der Waals surface area contributed by atoms with Gasteiger partial charge >= 0.3 is 11.8 Å². The fourth-order valence-electron chi connectivity index (χ4n) is 2.72. The third-order valence-electron chi connectivity index (χ3n) is 3.99. The zero-order valence-corrected chi connectivity index (χ0v) is 13.2. The Bertz CT molecular complexity index is 725. The molecule has 0 saturated carbocycles. The molecule has 0 bridgehead atoms. The second-order valence-corrected chi connectivity index (χ2v) is 5.62. The summed E-state index contributed by atoms with van der Waals surface area (Å²) in [5.74, 6) is -1.20. The van der Waals surface area contributed by atoms with Crippen molar-refractivity contribution in [2.75, 3.05) is 36.4 Å². The number of para-hydroxylation sites is 1. The SMILES string of the molecule is O=C(Nc1cccc(O)c1)C(=O)N1CCN(c2ccccc2)CC1. The number of hydrogen-bond donors (Lipinski definition) is 2. The number of amides is 2. The Hall–Kier alpha value is -3.02. The largest absolute Gasteiger partial charge is 0.508 e. The lowest BCUT2D eigenvalue weighted by Crippen LogP contribution is -2.51. The molecule has 2 N–H and O–H groups in total. The monoisotopic (exact) mass is 325 g/mol. The summed E-state index contributed by atoms with van der Waals surface area (Å²) in [6.07, 6.45) is 0. The minimum absolute atomic E-state index is 0.0386. The number of phenols is 1. The Labute approximate surface area is 140 Å². The first-order valence-corrected chi connectivity index (χ1v) is 7.83. The van der Waals surface area contributed by atoms with Gasteiger partial charge in [0.1, 0.15) is 5.75 Å². The lowest BCUT2D eigenvalue weighted by atomic mass is 10.2. The van der Waals surface area contributed by atoms with Crippen molar-refractivity contribution in [3.05, 3.63) is 54.6 Å². The molecular formula is C18H19N3O3. The third kappa shape index (κ3) is 3.65. The summed E-state index contributed by atoms with van der Waals surface area (Å²) >= 11 is 0. The predicted octanol–water partition coefficient (Wildman–Crippen LogP) is 1.68. The van der Waals surface area contributed by atoms with E-state index in [1.165, 1.54) is 12.1 Å². The number of aromatic hydroxyl groups is 1. The van der Waals surface area contributed by atoms with Crippen LogP contribution in [-0.4, -0.2) is 48.0 Å². The van der Waals surface area contributed by atoms with Crippen LogP contribution in [0.2, 0.25) is 0 Å². The van der Waals surface area contributed by atoms with E-state index in [1.807, 2.05) is 30.3 Å². The van der Waals surface area contributed by atoms with Crippen LogP contribution in [-0.2, 0) is 9.59 Å². The van der Waals surface area contributed by atoms with E-state index in [9.17, 15) is 14.7 Å². The van der Waals surface area contributed by atoms with Gasteiger partial charge in [0.2, 0.25) is 0 Å². The van der Waals surface area contributed by atoms with E-state index in [0.717, 1.165) is 5.69 Å². The molecule has 6 heteroatoms. The average Bonchev–Trinajstić information content (AvgIpc) is 2.62. The van der Waals surface area contributed by atoms with Gasteiger partial charge in [-0.15, -0.1) is 0 Å². The Morgan fingerprint density at radius 3 is 2.29 bits per heavy atom. The van der Waals surface area contributed by atoms with E-state index in [2.05, 4.69) is 10.2 Å². The molecule has 1 saturated heterocycles. The molecule has 1 fully saturated rings. The first kappa shape index (κ1) is 15.9. The fourth-order valence-corrected chi connectivity index (χ4v) is 2.72. The Kier molecular flexibility index (Phi) is 4.65. The smallest absolute Gasteiger partial charge is 0.313 e. The fraction of sp³-hybridized carbons (Fsp3) is 0.222. The second kappa shape index (κ2) is 7.04. The van der Waals surface area contributed by atoms with Gasteiger partial charge in [-0.3, -0.25) is 9.59 Å².